The van der Waals surface area contributed by atoms with Crippen molar-refractivity contribution in [1.82, 2.24) is 9.88 Å². The van der Waals surface area contributed by atoms with Gasteiger partial charge in [0.05, 0.1) is 24.4 Å². The smallest absolute Gasteiger partial charge is 0.264 e. The molecule has 0 aliphatic carbocycles. The van der Waals surface area contributed by atoms with Crippen molar-refractivity contribution in [3.63, 3.8) is 0 Å². The Morgan fingerprint density at radius 3 is 2.55 bits per heavy atom. The van der Waals surface area contributed by atoms with E-state index in [0.29, 0.717) is 11.3 Å². The Morgan fingerprint density at radius 2 is 2.00 bits per heavy atom. The summed E-state index contributed by atoms with van der Waals surface area (Å²) in [7, 11) is 0. The van der Waals surface area contributed by atoms with E-state index in [2.05, 4.69) is 5.32 Å². The maximum Gasteiger partial charge on any atom is 0.264 e. The molecule has 0 aliphatic rings. The number of nitrogens with one attached hydrogen (secondary N) is 1. The van der Waals surface area contributed by atoms with E-state index in [-0.39, 0.29) is 19.1 Å². The van der Waals surface area contributed by atoms with Gasteiger partial charge < -0.3 is 20.1 Å². The first-order valence-corrected chi connectivity index (χ1v) is 7.29. The molecule has 0 atom stereocenters. The Balaban J connectivity index is 2.25. The molecule has 20 heavy (non-hydrogen) atoms. The summed E-state index contributed by atoms with van der Waals surface area (Å²) in [5, 5.41) is 23.4. The molecule has 2 rings (SSSR count). The summed E-state index contributed by atoms with van der Waals surface area (Å²) in [5.41, 5.74) is -0.187. The Kier molecular flexibility index (Phi) is 4.59. The van der Waals surface area contributed by atoms with Crippen LogP contribution in [0.15, 0.2) is 36.0 Å². The number of hydrogen-bond donors (Lipinski definition) is 3. The van der Waals surface area contributed by atoms with Gasteiger partial charge in [-0.05, 0) is 30.0 Å². The standard InChI is InChI=1S/C14H18N2O3S/c1-2-14(9-17,10-18)15-13(19)12-11(5-8-20-12)16-6-3-4-7-16/h3-8,17-18H,2,9-10H2,1H3,(H,15,19). The van der Waals surface area contributed by atoms with Gasteiger partial charge in [0.1, 0.15) is 4.88 Å². The fourth-order valence-electron chi connectivity index (χ4n) is 1.91. The lowest BCUT2D eigenvalue weighted by Gasteiger charge is -2.29. The quantitative estimate of drug-likeness (QED) is 0.754. The summed E-state index contributed by atoms with van der Waals surface area (Å²) < 4.78 is 1.86. The van der Waals surface area contributed by atoms with Crippen molar-refractivity contribution >= 4 is 17.2 Å². The highest BCUT2D eigenvalue weighted by Crippen LogP contribution is 2.22. The minimum absolute atomic E-state index is 0.284. The van der Waals surface area contributed by atoms with E-state index in [1.54, 1.807) is 0 Å². The van der Waals surface area contributed by atoms with Gasteiger partial charge in [-0.2, -0.15) is 0 Å². The first-order chi connectivity index (χ1) is 9.65. The highest BCUT2D eigenvalue weighted by atomic mass is 32.1. The third-order valence-corrected chi connectivity index (χ3v) is 4.30. The van der Waals surface area contributed by atoms with Crippen molar-refractivity contribution in [2.45, 2.75) is 18.9 Å². The van der Waals surface area contributed by atoms with Gasteiger partial charge in [0.15, 0.2) is 0 Å². The molecule has 2 heterocycles. The second kappa shape index (κ2) is 6.21. The van der Waals surface area contributed by atoms with Crippen LogP contribution < -0.4 is 5.32 Å². The monoisotopic (exact) mass is 294 g/mol. The summed E-state index contributed by atoms with van der Waals surface area (Å²) >= 11 is 1.33. The van der Waals surface area contributed by atoms with Crippen LogP contribution in [0.4, 0.5) is 0 Å². The summed E-state index contributed by atoms with van der Waals surface area (Å²) in [4.78, 5) is 12.9. The molecule has 0 aliphatic heterocycles. The van der Waals surface area contributed by atoms with Crippen molar-refractivity contribution in [3.8, 4) is 5.69 Å². The van der Waals surface area contributed by atoms with E-state index in [0.717, 1.165) is 5.69 Å². The van der Waals surface area contributed by atoms with Gasteiger partial charge in [0.2, 0.25) is 0 Å². The number of aliphatic hydroxyl groups excluding tert-OH is 2. The Labute approximate surface area is 121 Å². The fraction of sp³-hybridized carbons (Fsp3) is 0.357. The topological polar surface area (TPSA) is 74.5 Å². The highest BCUT2D eigenvalue weighted by Gasteiger charge is 2.30. The number of nitrogens with zero attached hydrogens (tertiary/aromatic N) is 1. The summed E-state index contributed by atoms with van der Waals surface area (Å²) in [6.45, 7) is 1.22. The lowest BCUT2D eigenvalue weighted by molar-refractivity contribution is 0.0656. The number of rotatable bonds is 6. The number of amides is 1. The van der Waals surface area contributed by atoms with E-state index in [1.807, 2.05) is 47.5 Å². The van der Waals surface area contributed by atoms with E-state index >= 15 is 0 Å². The van der Waals surface area contributed by atoms with Gasteiger partial charge in [0.25, 0.3) is 5.91 Å². The molecule has 0 spiro atoms. The molecule has 0 radical (unpaired) electrons. The molecule has 0 saturated heterocycles. The van der Waals surface area contributed by atoms with Gasteiger partial charge in [-0.15, -0.1) is 11.3 Å². The third kappa shape index (κ3) is 2.77. The van der Waals surface area contributed by atoms with Crippen LogP contribution in [-0.4, -0.2) is 39.4 Å². The largest absolute Gasteiger partial charge is 0.394 e. The maximum atomic E-state index is 12.4. The molecule has 5 nitrogen and oxygen atoms in total. The van der Waals surface area contributed by atoms with E-state index < -0.39 is 5.54 Å². The minimum atomic E-state index is -0.977. The van der Waals surface area contributed by atoms with Gasteiger partial charge in [-0.1, -0.05) is 6.92 Å². The molecule has 0 fully saturated rings. The van der Waals surface area contributed by atoms with Crippen LogP contribution in [-0.2, 0) is 0 Å². The highest BCUT2D eigenvalue weighted by molar-refractivity contribution is 7.12. The van der Waals surface area contributed by atoms with Crippen molar-refractivity contribution in [1.29, 1.82) is 0 Å². The van der Waals surface area contributed by atoms with E-state index in [1.165, 1.54) is 11.3 Å². The van der Waals surface area contributed by atoms with Gasteiger partial charge >= 0.3 is 0 Å². The minimum Gasteiger partial charge on any atom is -0.394 e. The van der Waals surface area contributed by atoms with E-state index in [4.69, 9.17) is 0 Å². The first kappa shape index (κ1) is 14.8. The second-order valence-electron chi connectivity index (χ2n) is 4.63. The van der Waals surface area contributed by atoms with E-state index in [9.17, 15) is 15.0 Å². The molecule has 6 heteroatoms. The Hall–Kier alpha value is -1.63. The second-order valence-corrected chi connectivity index (χ2v) is 5.55. The lowest BCUT2D eigenvalue weighted by Crippen LogP contribution is -2.53. The van der Waals surface area contributed by atoms with Crippen molar-refractivity contribution in [3.05, 3.63) is 40.8 Å². The molecular formula is C14H18N2O3S. The normalized spacial score (nSPS) is 11.6. The number of hydrogen-bond acceptors (Lipinski definition) is 4. The number of aromatic nitrogens is 1. The molecule has 3 N–H and O–H groups in total. The number of aliphatic hydroxyl groups is 2. The van der Waals surface area contributed by atoms with Crippen molar-refractivity contribution in [2.24, 2.45) is 0 Å². The average Bonchev–Trinajstić information content (AvgIpc) is 3.14. The maximum absolute atomic E-state index is 12.4. The molecule has 108 valence electrons. The zero-order chi connectivity index (χ0) is 14.6. The molecule has 0 saturated carbocycles. The predicted molar refractivity (Wildman–Crippen MR) is 78.3 cm³/mol. The van der Waals surface area contributed by atoms with Gasteiger partial charge in [0, 0.05) is 12.4 Å². The molecule has 0 bridgehead atoms. The molecule has 0 unspecified atom stereocenters. The molecule has 1 amide bonds. The van der Waals surface area contributed by atoms with Crippen LogP contribution in [0.3, 0.4) is 0 Å². The summed E-state index contributed by atoms with van der Waals surface area (Å²) in [6, 6.07) is 5.64. The van der Waals surface area contributed by atoms with Crippen LogP contribution in [0, 0.1) is 0 Å². The van der Waals surface area contributed by atoms with Gasteiger partial charge in [-0.25, -0.2) is 0 Å². The van der Waals surface area contributed by atoms with Crippen LogP contribution in [0.25, 0.3) is 5.69 Å². The Bertz CT molecular complexity index is 550. The van der Waals surface area contributed by atoms with Crippen LogP contribution in [0.1, 0.15) is 23.0 Å². The average molecular weight is 294 g/mol. The molecule has 2 aromatic rings. The third-order valence-electron chi connectivity index (χ3n) is 3.39. The van der Waals surface area contributed by atoms with Crippen LogP contribution in [0.2, 0.25) is 0 Å². The zero-order valence-corrected chi connectivity index (χ0v) is 12.1. The number of thiophene rings is 1. The fourth-order valence-corrected chi connectivity index (χ4v) is 2.69. The Morgan fingerprint density at radius 1 is 1.35 bits per heavy atom. The number of carbonyl (C=O) groups excluding carboxylic acids is 1. The summed E-state index contributed by atoms with van der Waals surface area (Å²) in [5.74, 6) is -0.284. The van der Waals surface area contributed by atoms with Crippen LogP contribution >= 0.6 is 11.3 Å². The summed E-state index contributed by atoms with van der Waals surface area (Å²) in [6.07, 6.45) is 4.18. The molecular weight excluding hydrogens is 276 g/mol. The number of carbonyl (C=O) groups is 1. The van der Waals surface area contributed by atoms with Crippen molar-refractivity contribution in [2.75, 3.05) is 13.2 Å². The van der Waals surface area contributed by atoms with Gasteiger partial charge in [-0.3, -0.25) is 4.79 Å². The SMILES string of the molecule is CCC(CO)(CO)NC(=O)c1sccc1-n1cccc1. The van der Waals surface area contributed by atoms with Crippen molar-refractivity contribution < 1.29 is 15.0 Å². The zero-order valence-electron chi connectivity index (χ0n) is 11.2. The van der Waals surface area contributed by atoms with Crippen LogP contribution in [0.5, 0.6) is 0 Å². The predicted octanol–water partition coefficient (Wildman–Crippen LogP) is 1.40. The first-order valence-electron chi connectivity index (χ1n) is 6.41. The lowest BCUT2D eigenvalue weighted by atomic mass is 9.98. The molecule has 2 aromatic heterocycles. The molecule has 0 aromatic carbocycles.